The van der Waals surface area contributed by atoms with E-state index in [1.54, 1.807) is 55.6 Å². The Morgan fingerprint density at radius 3 is 2.62 bits per heavy atom. The first-order valence-electron chi connectivity index (χ1n) is 10.7. The van der Waals surface area contributed by atoms with Crippen LogP contribution in [0, 0.1) is 0 Å². The van der Waals surface area contributed by atoms with Gasteiger partial charge < -0.3 is 28.7 Å². The molecule has 0 spiro atoms. The van der Waals surface area contributed by atoms with Crippen LogP contribution in [0.5, 0.6) is 23.0 Å². The molecule has 2 aliphatic rings. The number of methoxy groups -OCH3 is 1. The first-order chi connectivity index (χ1) is 16.6. The van der Waals surface area contributed by atoms with Gasteiger partial charge in [0.1, 0.15) is 17.1 Å². The highest BCUT2D eigenvalue weighted by atomic mass is 16.7. The van der Waals surface area contributed by atoms with Gasteiger partial charge in [-0.1, -0.05) is 24.3 Å². The molecule has 6 rings (SSSR count). The summed E-state index contributed by atoms with van der Waals surface area (Å²) in [4.78, 5) is 26.5. The Kier molecular flexibility index (Phi) is 4.65. The zero-order valence-corrected chi connectivity index (χ0v) is 18.1. The second-order valence-corrected chi connectivity index (χ2v) is 7.98. The van der Waals surface area contributed by atoms with Crippen molar-refractivity contribution in [2.75, 3.05) is 19.2 Å². The third-order valence-corrected chi connectivity index (χ3v) is 6.03. The molecule has 8 nitrogen and oxygen atoms in total. The highest BCUT2D eigenvalue weighted by molar-refractivity contribution is 5.98. The highest BCUT2D eigenvalue weighted by Crippen LogP contribution is 2.45. The van der Waals surface area contributed by atoms with E-state index in [1.165, 1.54) is 0 Å². The Morgan fingerprint density at radius 2 is 1.79 bits per heavy atom. The average molecular weight is 457 g/mol. The van der Waals surface area contributed by atoms with Gasteiger partial charge in [0, 0.05) is 11.8 Å². The average Bonchev–Trinajstić information content (AvgIpc) is 3.49. The van der Waals surface area contributed by atoms with Gasteiger partial charge in [0.2, 0.25) is 6.79 Å². The van der Waals surface area contributed by atoms with Crippen LogP contribution in [-0.2, 0) is 4.79 Å². The summed E-state index contributed by atoms with van der Waals surface area (Å²) >= 11 is 0. The highest BCUT2D eigenvalue weighted by Gasteiger charge is 2.44. The van der Waals surface area contributed by atoms with Gasteiger partial charge in [0.05, 0.1) is 24.0 Å². The van der Waals surface area contributed by atoms with Crippen molar-refractivity contribution in [2.24, 2.45) is 0 Å². The van der Waals surface area contributed by atoms with Gasteiger partial charge >= 0.3 is 5.63 Å². The standard InChI is InChI=1S/C26H19NO7/c1-30-16-9-6-14(7-10-16)21-22-23(17-4-2-3-5-18(17)33-26(22)29)34-24(21)25(28)27-15-8-11-19-20(12-15)32-13-31-19/h2-12,21,24H,13H2,1H3,(H,27,28)/t21-,24+/m1/s1. The number of amides is 1. The smallest absolute Gasteiger partial charge is 0.344 e. The number of ether oxygens (including phenoxy) is 4. The van der Waals surface area contributed by atoms with E-state index in [1.807, 2.05) is 18.2 Å². The summed E-state index contributed by atoms with van der Waals surface area (Å²) in [5, 5.41) is 3.51. The SMILES string of the molecule is COc1ccc([C@@H]2c3c(c4ccccc4oc3=O)O[C@@H]2C(=O)Nc2ccc3c(c2)OCO3)cc1. The van der Waals surface area contributed by atoms with Crippen molar-refractivity contribution < 1.29 is 28.2 Å². The lowest BCUT2D eigenvalue weighted by molar-refractivity contribution is -0.122. The van der Waals surface area contributed by atoms with E-state index in [4.69, 9.17) is 23.4 Å². The molecular weight excluding hydrogens is 438 g/mol. The quantitative estimate of drug-likeness (QED) is 0.462. The van der Waals surface area contributed by atoms with E-state index in [2.05, 4.69) is 5.32 Å². The molecule has 0 aliphatic carbocycles. The molecule has 170 valence electrons. The molecule has 8 heteroatoms. The lowest BCUT2D eigenvalue weighted by Crippen LogP contribution is -2.35. The lowest BCUT2D eigenvalue weighted by Gasteiger charge is -2.19. The van der Waals surface area contributed by atoms with E-state index < -0.39 is 23.6 Å². The molecule has 0 saturated heterocycles. The number of rotatable bonds is 4. The van der Waals surface area contributed by atoms with Crippen LogP contribution < -0.4 is 29.9 Å². The summed E-state index contributed by atoms with van der Waals surface area (Å²) in [6.45, 7) is 0.135. The van der Waals surface area contributed by atoms with Gasteiger partial charge in [-0.15, -0.1) is 0 Å². The molecule has 0 unspecified atom stereocenters. The first-order valence-corrected chi connectivity index (χ1v) is 10.7. The minimum atomic E-state index is -0.998. The fourth-order valence-corrected chi connectivity index (χ4v) is 4.42. The van der Waals surface area contributed by atoms with E-state index >= 15 is 0 Å². The molecule has 4 aromatic rings. The summed E-state index contributed by atoms with van der Waals surface area (Å²) in [7, 11) is 1.57. The zero-order chi connectivity index (χ0) is 23.2. The van der Waals surface area contributed by atoms with Crippen molar-refractivity contribution in [3.63, 3.8) is 0 Å². The maximum absolute atomic E-state index is 13.5. The Hall–Kier alpha value is -4.46. The molecule has 3 aromatic carbocycles. The predicted octanol–water partition coefficient (Wildman–Crippen LogP) is 4.06. The number of hydrogen-bond acceptors (Lipinski definition) is 7. The molecule has 2 aliphatic heterocycles. The van der Waals surface area contributed by atoms with Crippen LogP contribution in [0.25, 0.3) is 11.0 Å². The monoisotopic (exact) mass is 457 g/mol. The molecule has 0 saturated carbocycles. The van der Waals surface area contributed by atoms with Gasteiger partial charge in [-0.2, -0.15) is 0 Å². The minimum Gasteiger partial charge on any atom is -0.497 e. The van der Waals surface area contributed by atoms with Crippen molar-refractivity contribution in [1.82, 2.24) is 0 Å². The number of fused-ring (bicyclic) bond motifs is 4. The second kappa shape index (κ2) is 7.84. The van der Waals surface area contributed by atoms with Crippen LogP contribution in [0.3, 0.4) is 0 Å². The van der Waals surface area contributed by atoms with E-state index in [0.29, 0.717) is 45.2 Å². The van der Waals surface area contributed by atoms with E-state index in [9.17, 15) is 9.59 Å². The first kappa shape index (κ1) is 20.2. The maximum Gasteiger partial charge on any atom is 0.344 e. The largest absolute Gasteiger partial charge is 0.497 e. The molecular formula is C26H19NO7. The maximum atomic E-state index is 13.5. The number of carbonyl (C=O) groups is 1. The van der Waals surface area contributed by atoms with Crippen LogP contribution in [0.15, 0.2) is 75.9 Å². The summed E-state index contributed by atoms with van der Waals surface area (Å²) in [5.41, 5.74) is 1.44. The molecule has 2 atom stereocenters. The number of anilines is 1. The lowest BCUT2D eigenvalue weighted by atomic mass is 9.88. The fourth-order valence-electron chi connectivity index (χ4n) is 4.42. The topological polar surface area (TPSA) is 96.2 Å². The van der Waals surface area contributed by atoms with Crippen LogP contribution in [0.4, 0.5) is 5.69 Å². The third kappa shape index (κ3) is 3.23. The fraction of sp³-hybridized carbons (Fsp3) is 0.154. The van der Waals surface area contributed by atoms with Crippen LogP contribution in [0.2, 0.25) is 0 Å². The normalized spacial score (nSPS) is 17.8. The second-order valence-electron chi connectivity index (χ2n) is 7.98. The summed E-state index contributed by atoms with van der Waals surface area (Å²) in [6, 6.07) is 19.4. The Balaban J connectivity index is 1.43. The Labute approximate surface area is 193 Å². The summed E-state index contributed by atoms with van der Waals surface area (Å²) < 4.78 is 27.8. The number of carbonyl (C=O) groups excluding carboxylic acids is 1. The molecule has 34 heavy (non-hydrogen) atoms. The van der Waals surface area contributed by atoms with Crippen molar-refractivity contribution in [3.8, 4) is 23.0 Å². The summed E-state index contributed by atoms with van der Waals surface area (Å²) in [6.07, 6.45) is -0.998. The number of benzene rings is 3. The number of hydrogen-bond donors (Lipinski definition) is 1. The van der Waals surface area contributed by atoms with E-state index in [0.717, 1.165) is 5.56 Å². The van der Waals surface area contributed by atoms with E-state index in [-0.39, 0.29) is 6.79 Å². The molecule has 0 radical (unpaired) electrons. The van der Waals surface area contributed by atoms with Gasteiger partial charge in [-0.25, -0.2) is 4.79 Å². The van der Waals surface area contributed by atoms with Crippen molar-refractivity contribution in [2.45, 2.75) is 12.0 Å². The van der Waals surface area contributed by atoms with Crippen molar-refractivity contribution in [3.05, 3.63) is 88.3 Å². The molecule has 0 bridgehead atoms. The molecule has 3 heterocycles. The Bertz CT molecular complexity index is 1480. The van der Waals surface area contributed by atoms with Crippen LogP contribution in [-0.4, -0.2) is 25.9 Å². The van der Waals surface area contributed by atoms with Crippen molar-refractivity contribution in [1.29, 1.82) is 0 Å². The van der Waals surface area contributed by atoms with Gasteiger partial charge in [-0.05, 0) is 42.0 Å². The molecule has 1 N–H and O–H groups in total. The zero-order valence-electron chi connectivity index (χ0n) is 18.1. The minimum absolute atomic E-state index is 0.135. The van der Waals surface area contributed by atoms with Gasteiger partial charge in [0.15, 0.2) is 17.6 Å². The molecule has 0 fully saturated rings. The van der Waals surface area contributed by atoms with Crippen molar-refractivity contribution >= 4 is 22.6 Å². The molecule has 1 amide bonds. The van der Waals surface area contributed by atoms with Crippen LogP contribution >= 0.6 is 0 Å². The molecule has 1 aromatic heterocycles. The number of para-hydroxylation sites is 1. The predicted molar refractivity (Wildman–Crippen MR) is 123 cm³/mol. The Morgan fingerprint density at radius 1 is 1.00 bits per heavy atom. The van der Waals surface area contributed by atoms with Crippen LogP contribution in [0.1, 0.15) is 17.0 Å². The third-order valence-electron chi connectivity index (χ3n) is 6.03. The van der Waals surface area contributed by atoms with Gasteiger partial charge in [-0.3, -0.25) is 4.79 Å². The van der Waals surface area contributed by atoms with Gasteiger partial charge in [0.25, 0.3) is 5.91 Å². The summed E-state index contributed by atoms with van der Waals surface area (Å²) in [5.74, 6) is 1.11. The number of nitrogens with one attached hydrogen (secondary N) is 1.